The van der Waals surface area contributed by atoms with E-state index in [1.165, 1.54) is 11.3 Å². The van der Waals surface area contributed by atoms with Gasteiger partial charge in [-0.05, 0) is 19.2 Å². The Morgan fingerprint density at radius 2 is 2.11 bits per heavy atom. The maximum Gasteiger partial charge on any atom is 0.335 e. The average molecular weight is 257 g/mol. The number of benzene rings is 1. The van der Waals surface area contributed by atoms with Crippen molar-refractivity contribution in [2.45, 2.75) is 13.0 Å². The number of carbonyl (C=O) groups is 1. The third-order valence-corrected chi connectivity index (χ3v) is 3.53. The number of carboxylic acids is 1. The van der Waals surface area contributed by atoms with E-state index in [2.05, 4.69) is 22.1 Å². The number of H-pyrrole nitrogens is 1. The van der Waals surface area contributed by atoms with Crippen molar-refractivity contribution in [3.63, 3.8) is 0 Å². The molecular formula is C14H15N3O2. The highest BCUT2D eigenvalue weighted by Crippen LogP contribution is 2.27. The van der Waals surface area contributed by atoms with Crippen LogP contribution in [0.5, 0.6) is 0 Å². The summed E-state index contributed by atoms with van der Waals surface area (Å²) in [5.41, 5.74) is 4.59. The largest absolute Gasteiger partial charge is 0.478 e. The highest BCUT2D eigenvalue weighted by Gasteiger charge is 2.20. The van der Waals surface area contributed by atoms with Crippen LogP contribution in [0.4, 0.5) is 0 Å². The van der Waals surface area contributed by atoms with Gasteiger partial charge in [-0.15, -0.1) is 0 Å². The standard InChI is InChI=1S/C14H15N3O2/c1-17-7-6-12-11(8-17)13(16-15-12)9-2-4-10(5-3-9)14(18)19/h2-5H,6-8H2,1H3,(H,15,16)(H,18,19). The fourth-order valence-corrected chi connectivity index (χ4v) is 2.44. The Hall–Kier alpha value is -2.14. The van der Waals surface area contributed by atoms with Crippen molar-refractivity contribution in [2.24, 2.45) is 0 Å². The lowest BCUT2D eigenvalue weighted by Gasteiger charge is -2.22. The van der Waals surface area contributed by atoms with Crippen LogP contribution in [0.3, 0.4) is 0 Å². The van der Waals surface area contributed by atoms with Crippen LogP contribution in [0, 0.1) is 0 Å². The van der Waals surface area contributed by atoms with E-state index in [-0.39, 0.29) is 0 Å². The molecule has 0 spiro atoms. The number of hydrogen-bond donors (Lipinski definition) is 2. The quantitative estimate of drug-likeness (QED) is 0.860. The average Bonchev–Trinajstić information content (AvgIpc) is 2.81. The third-order valence-electron chi connectivity index (χ3n) is 3.53. The third kappa shape index (κ3) is 2.13. The molecule has 19 heavy (non-hydrogen) atoms. The van der Waals surface area contributed by atoms with Gasteiger partial charge in [0.25, 0.3) is 0 Å². The normalized spacial score (nSPS) is 15.2. The van der Waals surface area contributed by atoms with Crippen molar-refractivity contribution in [2.75, 3.05) is 13.6 Å². The van der Waals surface area contributed by atoms with Crippen molar-refractivity contribution in [1.82, 2.24) is 15.1 Å². The Kier molecular flexibility index (Phi) is 2.83. The Morgan fingerprint density at radius 3 is 2.79 bits per heavy atom. The first-order valence-electron chi connectivity index (χ1n) is 6.23. The molecule has 1 aromatic carbocycles. The van der Waals surface area contributed by atoms with Gasteiger partial charge < -0.3 is 10.0 Å². The van der Waals surface area contributed by atoms with Gasteiger partial charge in [0, 0.05) is 36.3 Å². The van der Waals surface area contributed by atoms with E-state index in [1.54, 1.807) is 12.1 Å². The number of nitrogens with zero attached hydrogens (tertiary/aromatic N) is 2. The predicted octanol–water partition coefficient (Wildman–Crippen LogP) is 1.76. The van der Waals surface area contributed by atoms with Crippen molar-refractivity contribution >= 4 is 5.97 Å². The van der Waals surface area contributed by atoms with Gasteiger partial charge >= 0.3 is 5.97 Å². The fourth-order valence-electron chi connectivity index (χ4n) is 2.44. The fraction of sp³-hybridized carbons (Fsp3) is 0.286. The van der Waals surface area contributed by atoms with Crippen LogP contribution in [-0.2, 0) is 13.0 Å². The molecule has 2 aromatic rings. The minimum atomic E-state index is -0.907. The van der Waals surface area contributed by atoms with E-state index in [0.717, 1.165) is 30.8 Å². The summed E-state index contributed by atoms with van der Waals surface area (Å²) in [4.78, 5) is 13.1. The minimum absolute atomic E-state index is 0.297. The zero-order valence-corrected chi connectivity index (χ0v) is 10.7. The Bertz CT molecular complexity index is 616. The van der Waals surface area contributed by atoms with Gasteiger partial charge in [0.15, 0.2) is 0 Å². The van der Waals surface area contributed by atoms with Crippen molar-refractivity contribution in [3.8, 4) is 11.3 Å². The molecule has 98 valence electrons. The Balaban J connectivity index is 1.98. The smallest absolute Gasteiger partial charge is 0.335 e. The molecular weight excluding hydrogens is 242 g/mol. The van der Waals surface area contributed by atoms with Gasteiger partial charge in [-0.1, -0.05) is 12.1 Å². The molecule has 3 rings (SSSR count). The molecule has 0 bridgehead atoms. The number of aromatic nitrogens is 2. The van der Waals surface area contributed by atoms with Crippen LogP contribution < -0.4 is 0 Å². The molecule has 0 unspecified atom stereocenters. The maximum absolute atomic E-state index is 10.8. The molecule has 0 saturated carbocycles. The molecule has 0 fully saturated rings. The van der Waals surface area contributed by atoms with Gasteiger partial charge in [0.05, 0.1) is 11.3 Å². The monoisotopic (exact) mass is 257 g/mol. The van der Waals surface area contributed by atoms with Crippen LogP contribution in [0.15, 0.2) is 24.3 Å². The van der Waals surface area contributed by atoms with Gasteiger partial charge in [-0.3, -0.25) is 5.10 Å². The summed E-state index contributed by atoms with van der Waals surface area (Å²) in [6.45, 7) is 1.91. The second kappa shape index (κ2) is 4.51. The summed E-state index contributed by atoms with van der Waals surface area (Å²) < 4.78 is 0. The number of nitrogens with one attached hydrogen (secondary N) is 1. The first-order valence-corrected chi connectivity index (χ1v) is 6.23. The molecule has 0 atom stereocenters. The molecule has 0 radical (unpaired) electrons. The summed E-state index contributed by atoms with van der Waals surface area (Å²) in [5.74, 6) is -0.907. The molecule has 5 heteroatoms. The summed E-state index contributed by atoms with van der Waals surface area (Å²) in [6.07, 6.45) is 0.978. The lowest BCUT2D eigenvalue weighted by Crippen LogP contribution is -2.26. The van der Waals surface area contributed by atoms with Crippen molar-refractivity contribution in [1.29, 1.82) is 0 Å². The molecule has 0 aliphatic carbocycles. The van der Waals surface area contributed by atoms with Gasteiger partial charge in [0.2, 0.25) is 0 Å². The second-order valence-electron chi connectivity index (χ2n) is 4.90. The summed E-state index contributed by atoms with van der Waals surface area (Å²) in [6, 6.07) is 6.86. The second-order valence-corrected chi connectivity index (χ2v) is 4.90. The molecule has 1 aromatic heterocycles. The number of likely N-dealkylation sites (N-methyl/N-ethyl adjacent to an activating group) is 1. The Labute approximate surface area is 110 Å². The highest BCUT2D eigenvalue weighted by atomic mass is 16.4. The van der Waals surface area contributed by atoms with Crippen LogP contribution in [0.1, 0.15) is 21.6 Å². The molecule has 1 aliphatic heterocycles. The first-order chi connectivity index (χ1) is 9.15. The van der Waals surface area contributed by atoms with Crippen LogP contribution in [0.25, 0.3) is 11.3 Å². The molecule has 5 nitrogen and oxygen atoms in total. The van der Waals surface area contributed by atoms with E-state index < -0.39 is 5.97 Å². The van der Waals surface area contributed by atoms with Crippen molar-refractivity contribution < 1.29 is 9.90 Å². The summed E-state index contributed by atoms with van der Waals surface area (Å²) in [5, 5.41) is 16.4. The van der Waals surface area contributed by atoms with Crippen LogP contribution in [-0.4, -0.2) is 39.8 Å². The zero-order chi connectivity index (χ0) is 13.4. The van der Waals surface area contributed by atoms with E-state index in [9.17, 15) is 4.79 Å². The van der Waals surface area contributed by atoms with Gasteiger partial charge in [-0.25, -0.2) is 4.79 Å². The lowest BCUT2D eigenvalue weighted by molar-refractivity contribution is 0.0697. The molecule has 1 aliphatic rings. The SMILES string of the molecule is CN1CCc2[nH]nc(-c3ccc(C(=O)O)cc3)c2C1. The van der Waals surface area contributed by atoms with Gasteiger partial charge in [-0.2, -0.15) is 5.10 Å². The van der Waals surface area contributed by atoms with E-state index in [0.29, 0.717) is 5.56 Å². The molecule has 0 saturated heterocycles. The van der Waals surface area contributed by atoms with Crippen LogP contribution >= 0.6 is 0 Å². The topological polar surface area (TPSA) is 69.2 Å². The van der Waals surface area contributed by atoms with Crippen molar-refractivity contribution in [3.05, 3.63) is 41.1 Å². The summed E-state index contributed by atoms with van der Waals surface area (Å²) in [7, 11) is 2.09. The zero-order valence-electron chi connectivity index (χ0n) is 10.7. The summed E-state index contributed by atoms with van der Waals surface area (Å²) >= 11 is 0. The molecule has 2 heterocycles. The number of rotatable bonds is 2. The minimum Gasteiger partial charge on any atom is -0.478 e. The van der Waals surface area contributed by atoms with E-state index in [1.807, 2.05) is 12.1 Å². The van der Waals surface area contributed by atoms with Gasteiger partial charge in [0.1, 0.15) is 0 Å². The molecule has 2 N–H and O–H groups in total. The molecule has 0 amide bonds. The first kappa shape index (κ1) is 11.9. The lowest BCUT2D eigenvalue weighted by atomic mass is 10.0. The number of hydrogen-bond acceptors (Lipinski definition) is 3. The highest BCUT2D eigenvalue weighted by molar-refractivity contribution is 5.88. The Morgan fingerprint density at radius 1 is 1.37 bits per heavy atom. The number of aromatic carboxylic acids is 1. The maximum atomic E-state index is 10.8. The van der Waals surface area contributed by atoms with Crippen LogP contribution in [0.2, 0.25) is 0 Å². The van der Waals surface area contributed by atoms with E-state index >= 15 is 0 Å². The number of aromatic amines is 1. The predicted molar refractivity (Wildman–Crippen MR) is 71.0 cm³/mol. The van der Waals surface area contributed by atoms with E-state index in [4.69, 9.17) is 5.11 Å². The number of fused-ring (bicyclic) bond motifs is 1. The number of carboxylic acid groups (broad SMARTS) is 1.